The van der Waals surface area contributed by atoms with Gasteiger partial charge in [0, 0.05) is 11.6 Å². The monoisotopic (exact) mass is 412 g/mol. The molecule has 0 saturated carbocycles. The molecule has 0 spiro atoms. The third-order valence-electron chi connectivity index (χ3n) is 4.06. The summed E-state index contributed by atoms with van der Waals surface area (Å²) in [6.45, 7) is -0.411. The third kappa shape index (κ3) is 6.65. The topological polar surface area (TPSA) is 50.8 Å². The fraction of sp³-hybridized carbons (Fsp3) is 0.350. The van der Waals surface area contributed by atoms with Crippen molar-refractivity contribution in [3.05, 3.63) is 58.6 Å². The quantitative estimate of drug-likeness (QED) is 0.668. The van der Waals surface area contributed by atoms with E-state index in [2.05, 4.69) is 10.1 Å². The van der Waals surface area contributed by atoms with E-state index in [1.54, 1.807) is 31.3 Å². The van der Waals surface area contributed by atoms with Crippen molar-refractivity contribution in [3.63, 3.8) is 0 Å². The normalized spacial score (nSPS) is 12.1. The van der Waals surface area contributed by atoms with E-state index in [-0.39, 0.29) is 30.0 Å². The number of hydrogen-bond acceptors (Lipinski definition) is 4. The van der Waals surface area contributed by atoms with E-state index in [0.29, 0.717) is 11.6 Å². The van der Waals surface area contributed by atoms with Crippen molar-refractivity contribution in [3.8, 4) is 11.5 Å². The molecule has 8 heteroatoms. The first kappa shape index (κ1) is 21.9. The Balaban J connectivity index is 1.91. The smallest absolute Gasteiger partial charge is 0.387 e. The van der Waals surface area contributed by atoms with Crippen LogP contribution in [0, 0.1) is 0 Å². The molecular formula is C20H23ClF2N2O3. The number of hydrogen-bond donors (Lipinski definition) is 1. The standard InChI is InChI=1S/C20H23ClF2N2O3/c1-13(15-5-7-16(21)8-6-15)24-19(26)12-25(2)11-14-4-9-17(28-20(22)23)18(10-14)27-3/h4-10,13,20H,11-12H2,1-3H3,(H,24,26). The van der Waals surface area contributed by atoms with E-state index in [1.165, 1.54) is 13.2 Å². The van der Waals surface area contributed by atoms with Crippen molar-refractivity contribution < 1.29 is 23.0 Å². The molecular weight excluding hydrogens is 390 g/mol. The number of rotatable bonds is 9. The molecule has 152 valence electrons. The van der Waals surface area contributed by atoms with Crippen molar-refractivity contribution >= 4 is 17.5 Å². The molecule has 2 rings (SSSR count). The Morgan fingerprint density at radius 1 is 1.18 bits per heavy atom. The second-order valence-electron chi connectivity index (χ2n) is 6.38. The van der Waals surface area contributed by atoms with Gasteiger partial charge in [0.2, 0.25) is 5.91 Å². The van der Waals surface area contributed by atoms with Crippen LogP contribution in [0.25, 0.3) is 0 Å². The second kappa shape index (κ2) is 10.2. The number of methoxy groups -OCH3 is 1. The Bertz CT molecular complexity index is 788. The van der Waals surface area contributed by atoms with Gasteiger partial charge >= 0.3 is 6.61 Å². The van der Waals surface area contributed by atoms with Crippen LogP contribution in [-0.4, -0.2) is 38.1 Å². The summed E-state index contributed by atoms with van der Waals surface area (Å²) < 4.78 is 34.3. The van der Waals surface area contributed by atoms with Crippen LogP contribution < -0.4 is 14.8 Å². The van der Waals surface area contributed by atoms with Crippen LogP contribution in [0.2, 0.25) is 5.02 Å². The summed E-state index contributed by atoms with van der Waals surface area (Å²) in [5.41, 5.74) is 1.76. The fourth-order valence-electron chi connectivity index (χ4n) is 2.74. The summed E-state index contributed by atoms with van der Waals surface area (Å²) in [5, 5.41) is 3.57. The fourth-order valence-corrected chi connectivity index (χ4v) is 2.86. The van der Waals surface area contributed by atoms with Crippen LogP contribution in [0.1, 0.15) is 24.1 Å². The number of benzene rings is 2. The van der Waals surface area contributed by atoms with Crippen LogP contribution in [-0.2, 0) is 11.3 Å². The number of alkyl halides is 2. The largest absolute Gasteiger partial charge is 0.493 e. The number of amides is 1. The van der Waals surface area contributed by atoms with E-state index in [1.807, 2.05) is 24.0 Å². The first-order valence-corrected chi connectivity index (χ1v) is 9.01. The Labute approximate surface area is 168 Å². The van der Waals surface area contributed by atoms with Crippen LogP contribution in [0.5, 0.6) is 11.5 Å². The minimum atomic E-state index is -2.92. The van der Waals surface area contributed by atoms with Crippen LogP contribution in [0.4, 0.5) is 8.78 Å². The lowest BCUT2D eigenvalue weighted by atomic mass is 10.1. The summed E-state index contributed by atoms with van der Waals surface area (Å²) in [5.74, 6) is 0.0556. The second-order valence-corrected chi connectivity index (χ2v) is 6.81. The first-order valence-electron chi connectivity index (χ1n) is 8.63. The predicted octanol–water partition coefficient (Wildman–Crippen LogP) is 4.26. The van der Waals surface area contributed by atoms with Crippen molar-refractivity contribution in [1.82, 2.24) is 10.2 Å². The highest BCUT2D eigenvalue weighted by molar-refractivity contribution is 6.30. The molecule has 0 aliphatic rings. The van der Waals surface area contributed by atoms with Gasteiger partial charge in [0.1, 0.15) is 0 Å². The number of halogens is 3. The van der Waals surface area contributed by atoms with Crippen molar-refractivity contribution in [2.75, 3.05) is 20.7 Å². The number of carbonyl (C=O) groups is 1. The van der Waals surface area contributed by atoms with Gasteiger partial charge in [-0.05, 0) is 49.4 Å². The van der Waals surface area contributed by atoms with Crippen molar-refractivity contribution in [2.24, 2.45) is 0 Å². The molecule has 0 bridgehead atoms. The van der Waals surface area contributed by atoms with Crippen LogP contribution in [0.15, 0.2) is 42.5 Å². The first-order chi connectivity index (χ1) is 13.3. The summed E-state index contributed by atoms with van der Waals surface area (Å²) in [6.07, 6.45) is 0. The molecule has 2 aromatic rings. The zero-order chi connectivity index (χ0) is 20.7. The minimum Gasteiger partial charge on any atom is -0.493 e. The molecule has 1 N–H and O–H groups in total. The highest BCUT2D eigenvalue weighted by atomic mass is 35.5. The van der Waals surface area contributed by atoms with Crippen LogP contribution in [0.3, 0.4) is 0 Å². The molecule has 1 amide bonds. The number of likely N-dealkylation sites (N-methyl/N-ethyl adjacent to an activating group) is 1. The Kier molecular flexibility index (Phi) is 8.02. The Morgan fingerprint density at radius 3 is 2.46 bits per heavy atom. The summed E-state index contributed by atoms with van der Waals surface area (Å²) in [4.78, 5) is 14.1. The maximum absolute atomic E-state index is 12.4. The van der Waals surface area contributed by atoms with Gasteiger partial charge in [-0.15, -0.1) is 0 Å². The molecule has 0 heterocycles. The van der Waals surface area contributed by atoms with Gasteiger partial charge in [0.25, 0.3) is 0 Å². The zero-order valence-corrected chi connectivity index (χ0v) is 16.7. The van der Waals surface area contributed by atoms with Gasteiger partial charge in [-0.25, -0.2) is 0 Å². The maximum Gasteiger partial charge on any atom is 0.387 e. The maximum atomic E-state index is 12.4. The SMILES string of the molecule is COc1cc(CN(C)CC(=O)NC(C)c2ccc(Cl)cc2)ccc1OC(F)F. The van der Waals surface area contributed by atoms with E-state index in [9.17, 15) is 13.6 Å². The van der Waals surface area contributed by atoms with Crippen molar-refractivity contribution in [1.29, 1.82) is 0 Å². The molecule has 0 fully saturated rings. The molecule has 1 atom stereocenters. The average molecular weight is 413 g/mol. The number of nitrogens with one attached hydrogen (secondary N) is 1. The molecule has 0 saturated heterocycles. The van der Waals surface area contributed by atoms with Gasteiger partial charge in [0.15, 0.2) is 11.5 Å². The molecule has 1 unspecified atom stereocenters. The highest BCUT2D eigenvalue weighted by Crippen LogP contribution is 2.29. The zero-order valence-electron chi connectivity index (χ0n) is 15.9. The van der Waals surface area contributed by atoms with Crippen molar-refractivity contribution in [2.45, 2.75) is 26.1 Å². The number of ether oxygens (including phenoxy) is 2. The number of nitrogens with zero attached hydrogens (tertiary/aromatic N) is 1. The summed E-state index contributed by atoms with van der Waals surface area (Å²) in [6, 6.07) is 11.8. The molecule has 0 radical (unpaired) electrons. The molecule has 5 nitrogen and oxygen atoms in total. The van der Waals surface area contributed by atoms with E-state index >= 15 is 0 Å². The van der Waals surface area contributed by atoms with Gasteiger partial charge in [0.05, 0.1) is 19.7 Å². The molecule has 28 heavy (non-hydrogen) atoms. The summed E-state index contributed by atoms with van der Waals surface area (Å²) in [7, 11) is 3.18. The van der Waals surface area contributed by atoms with E-state index in [0.717, 1.165) is 11.1 Å². The van der Waals surface area contributed by atoms with Gasteiger partial charge in [-0.3, -0.25) is 9.69 Å². The Hall–Kier alpha value is -2.38. The molecule has 0 aliphatic heterocycles. The third-order valence-corrected chi connectivity index (χ3v) is 4.31. The molecule has 0 aliphatic carbocycles. The minimum absolute atomic E-state index is 0.0292. The van der Waals surface area contributed by atoms with E-state index in [4.69, 9.17) is 16.3 Å². The lowest BCUT2D eigenvalue weighted by Gasteiger charge is -2.20. The lowest BCUT2D eigenvalue weighted by Crippen LogP contribution is -2.36. The van der Waals surface area contributed by atoms with E-state index < -0.39 is 6.61 Å². The van der Waals surface area contributed by atoms with Gasteiger partial charge in [-0.2, -0.15) is 8.78 Å². The Morgan fingerprint density at radius 2 is 1.86 bits per heavy atom. The molecule has 2 aromatic carbocycles. The summed E-state index contributed by atoms with van der Waals surface area (Å²) >= 11 is 5.88. The molecule has 0 aromatic heterocycles. The van der Waals surface area contributed by atoms with Crippen LogP contribution >= 0.6 is 11.6 Å². The average Bonchev–Trinajstić information content (AvgIpc) is 2.62. The van der Waals surface area contributed by atoms with Gasteiger partial charge < -0.3 is 14.8 Å². The highest BCUT2D eigenvalue weighted by Gasteiger charge is 2.14. The lowest BCUT2D eigenvalue weighted by molar-refractivity contribution is -0.122. The number of carbonyl (C=O) groups excluding carboxylic acids is 1. The predicted molar refractivity (Wildman–Crippen MR) is 104 cm³/mol. The van der Waals surface area contributed by atoms with Gasteiger partial charge in [-0.1, -0.05) is 29.8 Å².